The maximum atomic E-state index is 14.8. The lowest BCUT2D eigenvalue weighted by Gasteiger charge is -2.30. The van der Waals surface area contributed by atoms with E-state index in [9.17, 15) is 28.7 Å². The number of carbonyl (C=O) groups excluding carboxylic acids is 4. The van der Waals surface area contributed by atoms with Crippen molar-refractivity contribution in [2.75, 3.05) is 19.6 Å². The summed E-state index contributed by atoms with van der Waals surface area (Å²) < 4.78 is 27.9. The highest BCUT2D eigenvalue weighted by Gasteiger charge is 2.39. The van der Waals surface area contributed by atoms with E-state index in [-0.39, 0.29) is 62.3 Å². The lowest BCUT2D eigenvalue weighted by molar-refractivity contribution is -0.159. The Balaban J connectivity index is 1.32. The van der Waals surface area contributed by atoms with E-state index in [1.807, 2.05) is 19.9 Å². The molecule has 54 heavy (non-hydrogen) atoms. The Kier molecular flexibility index (Phi) is 14.0. The third-order valence-corrected chi connectivity index (χ3v) is 9.09. The fourth-order valence-corrected chi connectivity index (χ4v) is 6.42. The molecule has 3 aromatic rings. The van der Waals surface area contributed by atoms with Gasteiger partial charge in [0.2, 0.25) is 11.8 Å². The number of aliphatic hydroxyl groups excluding tert-OH is 1. The average molecular weight is 747 g/mol. The summed E-state index contributed by atoms with van der Waals surface area (Å²) >= 11 is 0. The van der Waals surface area contributed by atoms with Crippen molar-refractivity contribution in [1.29, 1.82) is 0 Å². The van der Waals surface area contributed by atoms with Gasteiger partial charge >= 0.3 is 5.97 Å². The zero-order valence-corrected chi connectivity index (χ0v) is 30.6. The van der Waals surface area contributed by atoms with E-state index >= 15 is 0 Å². The van der Waals surface area contributed by atoms with Gasteiger partial charge in [-0.1, -0.05) is 48.9 Å². The zero-order valence-electron chi connectivity index (χ0n) is 30.6. The molecule has 5 heterocycles. The molecule has 0 aromatic carbocycles. The topological polar surface area (TPSA) is 195 Å². The second-order valence-electron chi connectivity index (χ2n) is 13.8. The molecular weight excluding hydrogens is 699 g/mol. The zero-order chi connectivity index (χ0) is 38.6. The number of alkyl halides is 1. The van der Waals surface area contributed by atoms with Gasteiger partial charge in [0.1, 0.15) is 30.3 Å². The summed E-state index contributed by atoms with van der Waals surface area (Å²) in [6.45, 7) is 6.44. The van der Waals surface area contributed by atoms with Crippen LogP contribution in [-0.2, 0) is 32.1 Å². The van der Waals surface area contributed by atoms with Gasteiger partial charge in [-0.15, -0.1) is 5.10 Å². The second-order valence-corrected chi connectivity index (χ2v) is 13.8. The van der Waals surface area contributed by atoms with E-state index in [0.717, 1.165) is 11.8 Å². The summed E-state index contributed by atoms with van der Waals surface area (Å²) in [7, 11) is 0. The van der Waals surface area contributed by atoms with Crippen molar-refractivity contribution < 1.29 is 37.8 Å². The predicted molar refractivity (Wildman–Crippen MR) is 194 cm³/mol. The van der Waals surface area contributed by atoms with Crippen molar-refractivity contribution >= 4 is 23.7 Å². The molecular formula is C38H47FN8O7. The monoisotopic (exact) mass is 746 g/mol. The molecule has 0 saturated carbocycles. The van der Waals surface area contributed by atoms with Gasteiger partial charge in [-0.05, 0) is 43.9 Å². The van der Waals surface area contributed by atoms with Gasteiger partial charge in [0.25, 0.3) is 5.91 Å². The Hall–Kier alpha value is -5.51. The lowest BCUT2D eigenvalue weighted by atomic mass is 9.89. The third kappa shape index (κ3) is 11.2. The minimum Gasteiger partial charge on any atom is -0.460 e. The molecule has 5 rings (SSSR count). The van der Waals surface area contributed by atoms with Crippen molar-refractivity contribution in [3.8, 4) is 11.3 Å². The van der Waals surface area contributed by atoms with Crippen molar-refractivity contribution in [3.05, 3.63) is 84.5 Å². The summed E-state index contributed by atoms with van der Waals surface area (Å²) in [5.74, 6) is -2.96. The molecule has 2 aliphatic heterocycles. The van der Waals surface area contributed by atoms with Crippen molar-refractivity contribution in [1.82, 2.24) is 40.5 Å². The van der Waals surface area contributed by atoms with E-state index in [4.69, 9.17) is 9.15 Å². The van der Waals surface area contributed by atoms with Crippen molar-refractivity contribution in [3.63, 3.8) is 0 Å². The van der Waals surface area contributed by atoms with Crippen LogP contribution < -0.4 is 10.6 Å². The number of ether oxygens (including phenoxy) is 1. The Morgan fingerprint density at radius 2 is 2.04 bits per heavy atom. The number of nitrogens with zero attached hydrogens (tertiary/aromatic N) is 6. The van der Waals surface area contributed by atoms with Crippen LogP contribution in [-0.4, -0.2) is 103 Å². The number of fused-ring (bicyclic) bond motifs is 3. The smallest absolute Gasteiger partial charge is 0.329 e. The van der Waals surface area contributed by atoms with Gasteiger partial charge in [-0.2, -0.15) is 0 Å². The number of pyridine rings is 1. The van der Waals surface area contributed by atoms with E-state index in [1.54, 1.807) is 54.5 Å². The summed E-state index contributed by atoms with van der Waals surface area (Å²) in [6.07, 6.45) is 10.9. The van der Waals surface area contributed by atoms with Crippen LogP contribution in [0.25, 0.3) is 11.3 Å². The molecule has 0 aliphatic carbocycles. The van der Waals surface area contributed by atoms with E-state index in [1.165, 1.54) is 17.1 Å². The van der Waals surface area contributed by atoms with Crippen LogP contribution in [0, 0.1) is 11.8 Å². The molecule has 1 fully saturated rings. The van der Waals surface area contributed by atoms with Crippen LogP contribution in [0.4, 0.5) is 4.39 Å². The standard InChI is InChI=1S/C38H47FN8O7/c1-24(2)36-26(18-34(50)42-14-16-46-22-30(44-45-46)27-8-5-12-40-21-27)10-11-33(49)41-13-4-7-25(3)17-29(48)19-28(39)20-35-43-31(23-53-35)37(51)47-15-6-9-32(47)38(52)54-36/h4-5,7-8,10-12,17,21-24,26,28-29,32,36,48H,6,9,13-16,18-20H2,1-3H3,(H,41,49)(H,42,50)/b7-4+,11-10+,25-17+/t26-,28+,29+,32+,36+/m0/s1. The van der Waals surface area contributed by atoms with Gasteiger partial charge in [0.15, 0.2) is 11.6 Å². The maximum absolute atomic E-state index is 14.8. The van der Waals surface area contributed by atoms with Gasteiger partial charge in [0.05, 0.1) is 25.3 Å². The Morgan fingerprint density at radius 1 is 1.20 bits per heavy atom. The highest BCUT2D eigenvalue weighted by atomic mass is 19.1. The van der Waals surface area contributed by atoms with Crippen LogP contribution >= 0.6 is 0 Å². The largest absolute Gasteiger partial charge is 0.460 e. The first-order chi connectivity index (χ1) is 26.0. The Bertz CT molecular complexity index is 1840. The summed E-state index contributed by atoms with van der Waals surface area (Å²) in [4.78, 5) is 63.1. The molecule has 2 aliphatic rings. The first-order valence-electron chi connectivity index (χ1n) is 18.1. The Labute approximate surface area is 312 Å². The van der Waals surface area contributed by atoms with E-state index < -0.39 is 48.1 Å². The molecule has 3 N–H and O–H groups in total. The van der Waals surface area contributed by atoms with Crippen molar-refractivity contribution in [2.24, 2.45) is 11.8 Å². The number of halogens is 1. The fourth-order valence-electron chi connectivity index (χ4n) is 6.42. The molecule has 16 heteroatoms. The number of oxazole rings is 1. The normalized spacial score (nSPS) is 25.6. The second kappa shape index (κ2) is 19.0. The quantitative estimate of drug-likeness (QED) is 0.301. The molecule has 0 radical (unpaired) electrons. The number of aliphatic hydroxyl groups is 1. The van der Waals surface area contributed by atoms with Crippen LogP contribution in [0.15, 0.2) is 77.4 Å². The van der Waals surface area contributed by atoms with Crippen molar-refractivity contribution in [2.45, 2.75) is 83.8 Å². The summed E-state index contributed by atoms with van der Waals surface area (Å²) in [5.41, 5.74) is 2.05. The van der Waals surface area contributed by atoms with Crippen LogP contribution in [0.1, 0.15) is 62.8 Å². The number of aromatic nitrogens is 5. The number of cyclic esters (lactones) is 1. The van der Waals surface area contributed by atoms with Gasteiger partial charge < -0.3 is 29.8 Å². The average Bonchev–Trinajstić information content (AvgIpc) is 3.92. The minimum atomic E-state index is -1.50. The SMILES string of the molecule is CC1=C\[C@@H](O)C[C@@H](F)Cc2nc(co2)C(=O)N2CCC[C@@H]2C(=O)O[C@H](C(C)C)[C@H](CC(=O)NCCn2cc(-c3cccnc3)nn2)/C=C/C(=O)NC\C=C\1. The minimum absolute atomic E-state index is 0.00495. The first-order valence-corrected chi connectivity index (χ1v) is 18.1. The van der Waals surface area contributed by atoms with Gasteiger partial charge in [0, 0.05) is 56.4 Å². The fraction of sp³-hybridized carbons (Fsp3) is 0.474. The predicted octanol–water partition coefficient (Wildman–Crippen LogP) is 3.14. The summed E-state index contributed by atoms with van der Waals surface area (Å²) in [5, 5.41) is 24.3. The van der Waals surface area contributed by atoms with Gasteiger partial charge in [-0.3, -0.25) is 24.0 Å². The van der Waals surface area contributed by atoms with E-state index in [0.29, 0.717) is 30.7 Å². The molecule has 288 valence electrons. The lowest BCUT2D eigenvalue weighted by Crippen LogP contribution is -2.44. The summed E-state index contributed by atoms with van der Waals surface area (Å²) in [6, 6.07) is 2.75. The molecule has 1 saturated heterocycles. The number of hydrogen-bond donors (Lipinski definition) is 3. The number of rotatable bonds is 7. The molecule has 15 nitrogen and oxygen atoms in total. The number of allylic oxidation sites excluding steroid dienone is 2. The number of amides is 3. The van der Waals surface area contributed by atoms with Crippen LogP contribution in [0.2, 0.25) is 0 Å². The molecule has 0 spiro atoms. The molecule has 3 aromatic heterocycles. The van der Waals surface area contributed by atoms with Crippen LogP contribution in [0.5, 0.6) is 0 Å². The first kappa shape index (κ1) is 39.7. The Morgan fingerprint density at radius 3 is 2.81 bits per heavy atom. The molecule has 0 unspecified atom stereocenters. The number of nitrogens with one attached hydrogen (secondary N) is 2. The van der Waals surface area contributed by atoms with E-state index in [2.05, 4.69) is 30.9 Å². The molecule has 2 bridgehead atoms. The molecule has 3 amide bonds. The number of esters is 1. The van der Waals surface area contributed by atoms with Gasteiger partial charge in [-0.25, -0.2) is 14.2 Å². The highest BCUT2D eigenvalue weighted by molar-refractivity contribution is 5.95. The molecule has 5 atom stereocenters. The number of carbonyl (C=O) groups is 4. The van der Waals surface area contributed by atoms with Crippen LogP contribution in [0.3, 0.4) is 0 Å². The number of hydrogen-bond acceptors (Lipinski definition) is 11. The maximum Gasteiger partial charge on any atom is 0.329 e. The third-order valence-electron chi connectivity index (χ3n) is 9.09. The highest BCUT2D eigenvalue weighted by Crippen LogP contribution is 2.27.